The molecule has 3 amide bonds. The van der Waals surface area contributed by atoms with Gasteiger partial charge in [0.2, 0.25) is 5.91 Å². The topological polar surface area (TPSA) is 87.2 Å². The van der Waals surface area contributed by atoms with Crippen molar-refractivity contribution in [3.63, 3.8) is 0 Å². The molecule has 0 aliphatic heterocycles. The summed E-state index contributed by atoms with van der Waals surface area (Å²) in [4.78, 5) is 22.9. The van der Waals surface area contributed by atoms with Crippen LogP contribution < -0.4 is 5.73 Å². The lowest BCUT2D eigenvalue weighted by molar-refractivity contribution is -0.125. The summed E-state index contributed by atoms with van der Waals surface area (Å²) in [5.74, 6) is -0.578. The number of hydrogen-bond donors (Lipinski definition) is 1. The molecule has 0 bridgehead atoms. The number of urea groups is 1. The minimum atomic E-state index is -1.04. The highest BCUT2D eigenvalue weighted by Crippen LogP contribution is 2.26. The molecule has 0 unspecified atom stereocenters. The number of benzene rings is 1. The number of fused-ring (bicyclic) bond motifs is 1. The van der Waals surface area contributed by atoms with Gasteiger partial charge in [0.15, 0.2) is 6.19 Å². The summed E-state index contributed by atoms with van der Waals surface area (Å²) in [5.41, 5.74) is 5.97. The monoisotopic (exact) mass is 273 g/mol. The number of nitriles is 1. The van der Waals surface area contributed by atoms with Gasteiger partial charge in [-0.2, -0.15) is 10.2 Å². The largest absolute Gasteiger partial charge is 0.350 e. The van der Waals surface area contributed by atoms with Gasteiger partial charge in [-0.25, -0.2) is 4.79 Å². The molecular weight excluding hydrogens is 262 g/mol. The van der Waals surface area contributed by atoms with Gasteiger partial charge >= 0.3 is 6.03 Å². The van der Waals surface area contributed by atoms with Crippen LogP contribution in [0, 0.1) is 11.5 Å². The number of nitrogens with zero attached hydrogens (tertiary/aromatic N) is 2. The van der Waals surface area contributed by atoms with Gasteiger partial charge in [0, 0.05) is 11.1 Å². The highest BCUT2D eigenvalue weighted by Gasteiger charge is 2.18. The van der Waals surface area contributed by atoms with Crippen LogP contribution in [-0.4, -0.2) is 16.8 Å². The van der Waals surface area contributed by atoms with E-state index >= 15 is 0 Å². The van der Waals surface area contributed by atoms with E-state index in [1.54, 1.807) is 11.3 Å². The second kappa shape index (κ2) is 5.50. The smallest absolute Gasteiger partial charge is 0.335 e. The molecule has 2 N–H and O–H groups in total. The maximum atomic E-state index is 11.7. The van der Waals surface area contributed by atoms with Gasteiger partial charge in [-0.05, 0) is 28.8 Å². The first kappa shape index (κ1) is 13.1. The SMILES string of the molecule is N#CN(C(N)=O)C(=O)CCc1csc2ccccc12. The molecule has 6 heteroatoms. The summed E-state index contributed by atoms with van der Waals surface area (Å²) >= 11 is 1.60. The zero-order chi connectivity index (χ0) is 13.8. The van der Waals surface area contributed by atoms with Gasteiger partial charge in [-0.15, -0.1) is 11.3 Å². The summed E-state index contributed by atoms with van der Waals surface area (Å²) in [6, 6.07) is 6.85. The zero-order valence-electron chi connectivity index (χ0n) is 10.00. The third-order valence-corrected chi connectivity index (χ3v) is 3.75. The summed E-state index contributed by atoms with van der Waals surface area (Å²) in [7, 11) is 0. The third-order valence-electron chi connectivity index (χ3n) is 2.74. The first-order valence-electron chi connectivity index (χ1n) is 5.60. The number of imide groups is 1. The van der Waals surface area contributed by atoms with Crippen LogP contribution in [0.1, 0.15) is 12.0 Å². The van der Waals surface area contributed by atoms with Crippen LogP contribution in [0.25, 0.3) is 10.1 Å². The zero-order valence-corrected chi connectivity index (χ0v) is 10.8. The summed E-state index contributed by atoms with van der Waals surface area (Å²) in [6.45, 7) is 0. The number of hydrogen-bond acceptors (Lipinski definition) is 4. The number of amides is 3. The van der Waals surface area contributed by atoms with Crippen LogP contribution in [0.3, 0.4) is 0 Å². The molecule has 1 heterocycles. The quantitative estimate of drug-likeness (QED) is 0.687. The molecule has 0 fully saturated rings. The molecule has 0 atom stereocenters. The van der Waals surface area contributed by atoms with E-state index in [4.69, 9.17) is 11.0 Å². The molecule has 2 aromatic rings. The molecule has 0 saturated carbocycles. The number of carbonyl (C=O) groups excluding carboxylic acids is 2. The average Bonchev–Trinajstić information content (AvgIpc) is 2.80. The number of nitrogens with two attached hydrogens (primary N) is 1. The lowest BCUT2D eigenvalue weighted by Gasteiger charge is -2.07. The van der Waals surface area contributed by atoms with Crippen molar-refractivity contribution in [3.8, 4) is 6.19 Å². The highest BCUT2D eigenvalue weighted by molar-refractivity contribution is 7.17. The third kappa shape index (κ3) is 2.72. The predicted molar refractivity (Wildman–Crippen MR) is 72.2 cm³/mol. The molecule has 5 nitrogen and oxygen atoms in total. The predicted octanol–water partition coefficient (Wildman–Crippen LogP) is 2.22. The molecule has 96 valence electrons. The van der Waals surface area contributed by atoms with Crippen molar-refractivity contribution in [3.05, 3.63) is 35.2 Å². The minimum Gasteiger partial charge on any atom is -0.350 e. The van der Waals surface area contributed by atoms with Gasteiger partial charge in [0.25, 0.3) is 0 Å². The molecule has 0 aliphatic carbocycles. The van der Waals surface area contributed by atoms with Gasteiger partial charge in [0.1, 0.15) is 0 Å². The fourth-order valence-corrected chi connectivity index (χ4v) is 2.81. The number of thiophene rings is 1. The van der Waals surface area contributed by atoms with Crippen LogP contribution in [0.2, 0.25) is 0 Å². The molecular formula is C13H11N3O2S. The minimum absolute atomic E-state index is 0.0806. The van der Waals surface area contributed by atoms with E-state index in [2.05, 4.69) is 0 Å². The van der Waals surface area contributed by atoms with Crippen LogP contribution in [0.5, 0.6) is 0 Å². The number of aryl methyl sites for hydroxylation is 1. The first-order valence-corrected chi connectivity index (χ1v) is 6.48. The van der Waals surface area contributed by atoms with Gasteiger partial charge in [0.05, 0.1) is 0 Å². The Balaban J connectivity index is 2.09. The Bertz CT molecular complexity index is 672. The lowest BCUT2D eigenvalue weighted by atomic mass is 10.1. The summed E-state index contributed by atoms with van der Waals surface area (Å²) in [6.07, 6.45) is 2.04. The second-order valence-electron chi connectivity index (χ2n) is 3.92. The molecule has 0 saturated heterocycles. The number of rotatable bonds is 3. The molecule has 0 spiro atoms. The van der Waals surface area contributed by atoms with E-state index in [9.17, 15) is 9.59 Å². The normalized spacial score (nSPS) is 10.1. The van der Waals surface area contributed by atoms with Crippen LogP contribution >= 0.6 is 11.3 Å². The Labute approximate surface area is 113 Å². The van der Waals surface area contributed by atoms with Gasteiger partial charge in [-0.1, -0.05) is 18.2 Å². The van der Waals surface area contributed by atoms with E-state index in [0.717, 1.165) is 15.6 Å². The van der Waals surface area contributed by atoms with Crippen molar-refractivity contribution in [1.82, 2.24) is 4.90 Å². The second-order valence-corrected chi connectivity index (χ2v) is 4.84. The standard InChI is InChI=1S/C13H11N3O2S/c14-8-16(13(15)18)12(17)6-5-9-7-19-11-4-2-1-3-10(9)11/h1-4,7H,5-6H2,(H2,15,18). The van der Waals surface area contributed by atoms with Crippen molar-refractivity contribution in [2.75, 3.05) is 0 Å². The lowest BCUT2D eigenvalue weighted by Crippen LogP contribution is -2.36. The van der Waals surface area contributed by atoms with Crippen molar-refractivity contribution >= 4 is 33.4 Å². The van der Waals surface area contributed by atoms with Crippen LogP contribution in [-0.2, 0) is 11.2 Å². The molecule has 2 rings (SSSR count). The molecule has 1 aromatic heterocycles. The van der Waals surface area contributed by atoms with Gasteiger partial charge < -0.3 is 5.73 Å². The summed E-state index contributed by atoms with van der Waals surface area (Å²) < 4.78 is 1.15. The van der Waals surface area contributed by atoms with Crippen LogP contribution in [0.4, 0.5) is 4.79 Å². The molecule has 1 aromatic carbocycles. The van der Waals surface area contributed by atoms with E-state index in [1.807, 2.05) is 29.6 Å². The van der Waals surface area contributed by atoms with Crippen molar-refractivity contribution in [1.29, 1.82) is 5.26 Å². The Morgan fingerprint density at radius 3 is 2.79 bits per heavy atom. The Hall–Kier alpha value is -2.39. The molecule has 19 heavy (non-hydrogen) atoms. The van der Waals surface area contributed by atoms with Crippen LogP contribution in [0.15, 0.2) is 29.6 Å². The van der Waals surface area contributed by atoms with Gasteiger partial charge in [-0.3, -0.25) is 4.79 Å². The average molecular weight is 273 g/mol. The van der Waals surface area contributed by atoms with E-state index in [0.29, 0.717) is 11.3 Å². The number of primary amides is 1. The molecule has 0 aliphatic rings. The van der Waals surface area contributed by atoms with E-state index in [-0.39, 0.29) is 6.42 Å². The van der Waals surface area contributed by atoms with E-state index in [1.165, 1.54) is 6.19 Å². The Morgan fingerprint density at radius 1 is 1.37 bits per heavy atom. The maximum Gasteiger partial charge on any atom is 0.335 e. The number of carbonyl (C=O) groups is 2. The molecule has 0 radical (unpaired) electrons. The maximum absolute atomic E-state index is 11.7. The first-order chi connectivity index (χ1) is 9.13. The highest BCUT2D eigenvalue weighted by atomic mass is 32.1. The van der Waals surface area contributed by atoms with Crippen molar-refractivity contribution in [2.45, 2.75) is 12.8 Å². The Kier molecular flexibility index (Phi) is 3.78. The van der Waals surface area contributed by atoms with E-state index < -0.39 is 11.9 Å². The fourth-order valence-electron chi connectivity index (χ4n) is 1.81. The fraction of sp³-hybridized carbons (Fsp3) is 0.154. The Morgan fingerprint density at radius 2 is 2.11 bits per heavy atom. The van der Waals surface area contributed by atoms with Crippen molar-refractivity contribution < 1.29 is 9.59 Å². The summed E-state index contributed by atoms with van der Waals surface area (Å²) in [5, 5.41) is 11.7. The van der Waals surface area contributed by atoms with Crippen molar-refractivity contribution in [2.24, 2.45) is 5.73 Å².